The highest BCUT2D eigenvalue weighted by molar-refractivity contribution is 7.49. The second kappa shape index (κ2) is 15.7. The van der Waals surface area contributed by atoms with Gasteiger partial charge in [0, 0.05) is 22.3 Å². The maximum absolute atomic E-state index is 15.2. The van der Waals surface area contributed by atoms with Gasteiger partial charge in [0.15, 0.2) is 0 Å². The summed E-state index contributed by atoms with van der Waals surface area (Å²) < 4.78 is 46.5. The van der Waals surface area contributed by atoms with Crippen LogP contribution in [0.4, 0.5) is 0 Å². The molecule has 0 fully saturated rings. The molecule has 7 rings (SSSR count). The monoisotopic (exact) mass is 884 g/mol. The van der Waals surface area contributed by atoms with E-state index < -0.39 is 19.2 Å². The molecule has 9 heteroatoms. The Kier molecular flexibility index (Phi) is 11.4. The van der Waals surface area contributed by atoms with Gasteiger partial charge in [-0.1, -0.05) is 150 Å². The van der Waals surface area contributed by atoms with E-state index in [1.54, 1.807) is 24.3 Å². The largest absolute Gasteiger partial charge is 0.647 e. The molecule has 0 radical (unpaired) electrons. The number of phosphoric ester groups is 1. The second-order valence-corrected chi connectivity index (χ2v) is 23.6. The highest BCUT2D eigenvalue weighted by atomic mass is 31.2. The van der Waals surface area contributed by atoms with Gasteiger partial charge in [-0.2, -0.15) is 4.57 Å². The number of esters is 2. The number of carbonyl (C=O) groups excluding carboxylic acids is 2. The molecule has 5 aromatic rings. The number of ether oxygens (including phenoxy) is 2. The van der Waals surface area contributed by atoms with Crippen LogP contribution in [-0.2, 0) is 41.2 Å². The molecule has 5 aromatic carbocycles. The Morgan fingerprint density at radius 1 is 0.562 bits per heavy atom. The standard InChI is InChI=1S/C55H65O8P/c1-31-23-35(44-40-27-36(51(5,6)7)28-41(53(11,12)13)47(40)59-49(44)56)24-32(2)45(31)62-64(58,61-39-21-19-18-20-22-39)63-46-33(3)25-38(26-34(46)4)55(17)43-30-37(52(8,9)10)29-42(54(14,15)16)48(43)60-50(55)57/h18-30,44H,1-17H3. The van der Waals surface area contributed by atoms with Crippen LogP contribution in [0, 0.1) is 27.7 Å². The SMILES string of the molecule is Cc1cc(C2C(=O)Oc3c2cc(C(C)(C)C)cc3C(C)(C)C)cc(C)c1OP(=O)(Oc1ccccc1)Oc1c(C)cc(C2(C)C(=O)Oc3c(C(C)(C)C)cc(C(C)(C)C)cc32)cc1C. The zero-order chi connectivity index (χ0) is 47.3. The van der Waals surface area contributed by atoms with E-state index in [1.807, 2.05) is 65.0 Å². The van der Waals surface area contributed by atoms with E-state index in [4.69, 9.17) is 23.0 Å². The van der Waals surface area contributed by atoms with Crippen LogP contribution in [0.25, 0.3) is 0 Å². The van der Waals surface area contributed by atoms with Gasteiger partial charge in [-0.05, 0) is 113 Å². The highest BCUT2D eigenvalue weighted by Crippen LogP contribution is 2.56. The average Bonchev–Trinajstić information content (AvgIpc) is 3.64. The molecule has 0 saturated carbocycles. The first-order valence-electron chi connectivity index (χ1n) is 22.2. The number of benzene rings is 5. The minimum absolute atomic E-state index is 0.163. The summed E-state index contributed by atoms with van der Waals surface area (Å²) in [6.45, 7) is 35.1. The van der Waals surface area contributed by atoms with Crippen molar-refractivity contribution in [3.63, 3.8) is 0 Å². The van der Waals surface area contributed by atoms with Crippen LogP contribution in [0.2, 0.25) is 0 Å². The molecular weight excluding hydrogens is 820 g/mol. The van der Waals surface area contributed by atoms with Crippen molar-refractivity contribution >= 4 is 19.8 Å². The van der Waals surface area contributed by atoms with Gasteiger partial charge in [-0.15, -0.1) is 0 Å². The molecule has 3 atom stereocenters. The first kappa shape index (κ1) is 46.7. The summed E-state index contributed by atoms with van der Waals surface area (Å²) in [5, 5.41) is 0. The van der Waals surface area contributed by atoms with Crippen LogP contribution in [0.5, 0.6) is 28.7 Å². The predicted molar refractivity (Wildman–Crippen MR) is 255 cm³/mol. The molecule has 0 saturated heterocycles. The molecule has 0 N–H and O–H groups in total. The van der Waals surface area contributed by atoms with Crippen molar-refractivity contribution in [2.45, 2.75) is 151 Å². The third kappa shape index (κ3) is 8.51. The lowest BCUT2D eigenvalue weighted by atomic mass is 9.72. The van der Waals surface area contributed by atoms with Crippen molar-refractivity contribution < 1.29 is 37.2 Å². The van der Waals surface area contributed by atoms with Crippen molar-refractivity contribution in [2.75, 3.05) is 0 Å². The topological polar surface area (TPSA) is 97.4 Å². The summed E-state index contributed by atoms with van der Waals surface area (Å²) in [5.41, 5.74) is 7.83. The smallest absolute Gasteiger partial charge is 0.425 e. The molecule has 2 aliphatic heterocycles. The molecular formula is C55H65O8P. The molecule has 8 nitrogen and oxygen atoms in total. The third-order valence-electron chi connectivity index (χ3n) is 12.7. The molecule has 2 aliphatic rings. The number of hydrogen-bond donors (Lipinski definition) is 0. The average molecular weight is 885 g/mol. The van der Waals surface area contributed by atoms with Gasteiger partial charge in [0.05, 0.1) is 0 Å². The Bertz CT molecular complexity index is 2710. The van der Waals surface area contributed by atoms with Crippen LogP contribution >= 0.6 is 7.82 Å². The first-order valence-corrected chi connectivity index (χ1v) is 23.7. The van der Waals surface area contributed by atoms with Crippen LogP contribution in [0.3, 0.4) is 0 Å². The summed E-state index contributed by atoms with van der Waals surface area (Å²) in [4.78, 5) is 28.0. The Morgan fingerprint density at radius 2 is 1.03 bits per heavy atom. The van der Waals surface area contributed by atoms with Crippen LogP contribution in [-0.4, -0.2) is 11.9 Å². The Balaban J connectivity index is 1.28. The van der Waals surface area contributed by atoms with E-state index in [-0.39, 0.29) is 33.6 Å². The van der Waals surface area contributed by atoms with Crippen LogP contribution < -0.4 is 23.0 Å². The normalized spacial score (nSPS) is 18.5. The Hall–Kier alpha value is -5.33. The van der Waals surface area contributed by atoms with Gasteiger partial charge in [0.25, 0.3) is 0 Å². The van der Waals surface area contributed by atoms with Gasteiger partial charge in [-0.25, -0.2) is 0 Å². The third-order valence-corrected chi connectivity index (χ3v) is 13.9. The number of carbonyl (C=O) groups is 2. The van der Waals surface area contributed by atoms with Crippen LogP contribution in [0.1, 0.15) is 163 Å². The maximum Gasteiger partial charge on any atom is 0.647 e. The molecule has 2 heterocycles. The summed E-state index contributed by atoms with van der Waals surface area (Å²) in [6.07, 6.45) is 0. The molecule has 0 amide bonds. The van der Waals surface area contributed by atoms with E-state index in [2.05, 4.69) is 107 Å². The van der Waals surface area contributed by atoms with Crippen LogP contribution in [0.15, 0.2) is 78.9 Å². The fraction of sp³-hybridized carbons (Fsp3) is 0.418. The molecule has 0 aromatic heterocycles. The van der Waals surface area contributed by atoms with Crippen molar-refractivity contribution in [1.29, 1.82) is 0 Å². The number of para-hydroxylation sites is 1. The zero-order valence-corrected chi connectivity index (χ0v) is 41.7. The van der Waals surface area contributed by atoms with E-state index in [0.29, 0.717) is 51.0 Å². The second-order valence-electron chi connectivity index (χ2n) is 22.2. The van der Waals surface area contributed by atoms with E-state index in [0.717, 1.165) is 44.5 Å². The highest BCUT2D eigenvalue weighted by Gasteiger charge is 2.50. The quantitative estimate of drug-likeness (QED) is 0.0863. The van der Waals surface area contributed by atoms with Crippen molar-refractivity contribution in [1.82, 2.24) is 0 Å². The minimum atomic E-state index is -4.51. The summed E-state index contributed by atoms with van der Waals surface area (Å²) >= 11 is 0. The lowest BCUT2D eigenvalue weighted by Crippen LogP contribution is -2.32. The molecule has 0 aliphatic carbocycles. The molecule has 3 unspecified atom stereocenters. The van der Waals surface area contributed by atoms with Gasteiger partial charge in [0.1, 0.15) is 40.1 Å². The predicted octanol–water partition coefficient (Wildman–Crippen LogP) is 14.0. The maximum atomic E-state index is 15.2. The zero-order valence-electron chi connectivity index (χ0n) is 40.8. The summed E-state index contributed by atoms with van der Waals surface area (Å²) in [6, 6.07) is 24.9. The van der Waals surface area contributed by atoms with E-state index >= 15 is 4.57 Å². The summed E-state index contributed by atoms with van der Waals surface area (Å²) in [7, 11) is -4.51. The number of aryl methyl sites for hydroxylation is 4. The van der Waals surface area contributed by atoms with E-state index in [9.17, 15) is 9.59 Å². The molecule has 64 heavy (non-hydrogen) atoms. The number of fused-ring (bicyclic) bond motifs is 2. The lowest BCUT2D eigenvalue weighted by molar-refractivity contribution is -0.136. The van der Waals surface area contributed by atoms with Gasteiger partial charge >= 0.3 is 19.8 Å². The number of phosphoric acid groups is 1. The Morgan fingerprint density at radius 3 is 1.52 bits per heavy atom. The first-order chi connectivity index (χ1) is 29.4. The van der Waals surface area contributed by atoms with Gasteiger partial charge in [0.2, 0.25) is 0 Å². The van der Waals surface area contributed by atoms with E-state index in [1.165, 1.54) is 0 Å². The lowest BCUT2D eigenvalue weighted by Gasteiger charge is -2.29. The van der Waals surface area contributed by atoms with Crippen molar-refractivity contribution in [3.8, 4) is 28.7 Å². The van der Waals surface area contributed by atoms with Crippen molar-refractivity contribution in [2.24, 2.45) is 0 Å². The molecule has 338 valence electrons. The molecule has 0 spiro atoms. The minimum Gasteiger partial charge on any atom is -0.425 e. The van der Waals surface area contributed by atoms with Gasteiger partial charge < -0.3 is 23.0 Å². The molecule has 0 bridgehead atoms. The number of hydrogen-bond acceptors (Lipinski definition) is 8. The summed E-state index contributed by atoms with van der Waals surface area (Å²) in [5.74, 6) is 0.756. The van der Waals surface area contributed by atoms with Crippen molar-refractivity contribution in [3.05, 3.63) is 146 Å². The Labute approximate surface area is 380 Å². The fourth-order valence-electron chi connectivity index (χ4n) is 8.82. The van der Waals surface area contributed by atoms with Gasteiger partial charge in [-0.3, -0.25) is 9.59 Å². The number of rotatable bonds is 8. The fourth-order valence-corrected chi connectivity index (χ4v) is 10.3.